The van der Waals surface area contributed by atoms with Gasteiger partial charge in [0, 0.05) is 16.3 Å². The van der Waals surface area contributed by atoms with E-state index in [-0.39, 0.29) is 24.2 Å². The number of aromatic nitrogens is 4. The fourth-order valence-corrected chi connectivity index (χ4v) is 4.00. The minimum absolute atomic E-state index is 0.109. The Bertz CT molecular complexity index is 1340. The van der Waals surface area contributed by atoms with Gasteiger partial charge in [0.2, 0.25) is 11.7 Å². The number of methoxy groups -OCH3 is 2. The van der Waals surface area contributed by atoms with Crippen LogP contribution in [-0.2, 0) is 11.3 Å². The normalized spacial score (nSPS) is 10.8. The van der Waals surface area contributed by atoms with Crippen LogP contribution in [0.25, 0.3) is 22.8 Å². The van der Waals surface area contributed by atoms with E-state index in [0.717, 1.165) is 0 Å². The van der Waals surface area contributed by atoms with Gasteiger partial charge in [-0.15, -0.1) is 11.8 Å². The summed E-state index contributed by atoms with van der Waals surface area (Å²) in [4.78, 5) is 17.0. The molecule has 176 valence electrons. The molecule has 10 nitrogen and oxygen atoms in total. The number of thioether (sulfide) groups is 1. The Balaban J connectivity index is 1.60. The number of halogens is 1. The molecule has 0 fully saturated rings. The number of hydrogen-bond acceptors (Lipinski definition) is 9. The minimum atomic E-state index is -0.313. The maximum absolute atomic E-state index is 12.5. The molecule has 2 aromatic heterocycles. The SMILES string of the molecule is COc1ccc(-c2noc(-c3c(SC)nn(CC(=O)Nc4cccc(Cl)c4)c3N)n2)cc1OC. The molecule has 0 saturated heterocycles. The van der Waals surface area contributed by atoms with Crippen LogP contribution in [0.5, 0.6) is 11.5 Å². The number of hydrogen-bond donors (Lipinski definition) is 2. The number of benzene rings is 2. The van der Waals surface area contributed by atoms with Crippen molar-refractivity contribution in [1.29, 1.82) is 0 Å². The Morgan fingerprint density at radius 2 is 2.00 bits per heavy atom. The van der Waals surface area contributed by atoms with Crippen molar-refractivity contribution in [3.8, 4) is 34.3 Å². The first-order chi connectivity index (χ1) is 16.4. The first-order valence-electron chi connectivity index (χ1n) is 9.95. The lowest BCUT2D eigenvalue weighted by molar-refractivity contribution is -0.116. The third-order valence-corrected chi connectivity index (χ3v) is 5.74. The first-order valence-corrected chi connectivity index (χ1v) is 11.6. The van der Waals surface area contributed by atoms with Gasteiger partial charge in [-0.3, -0.25) is 4.79 Å². The average molecular weight is 501 g/mol. The lowest BCUT2D eigenvalue weighted by Gasteiger charge is -2.07. The minimum Gasteiger partial charge on any atom is -0.493 e. The number of anilines is 2. The first kappa shape index (κ1) is 23.5. The van der Waals surface area contributed by atoms with Crippen molar-refractivity contribution >= 4 is 40.8 Å². The summed E-state index contributed by atoms with van der Waals surface area (Å²) in [5, 5.41) is 12.3. The maximum Gasteiger partial charge on any atom is 0.264 e. The Morgan fingerprint density at radius 1 is 1.21 bits per heavy atom. The van der Waals surface area contributed by atoms with Gasteiger partial charge in [-0.25, -0.2) is 4.68 Å². The van der Waals surface area contributed by atoms with Crippen LogP contribution in [0, 0.1) is 0 Å². The highest BCUT2D eigenvalue weighted by Gasteiger charge is 2.24. The zero-order valence-corrected chi connectivity index (χ0v) is 20.1. The standard InChI is InChI=1S/C22H21ClN6O4S/c1-31-15-8-7-12(9-16(15)32-2)20-26-21(33-28-20)18-19(24)29(27-22(18)34-3)11-17(30)25-14-6-4-5-13(23)10-14/h4-10H,11,24H2,1-3H3,(H,25,30). The second-order valence-electron chi connectivity index (χ2n) is 6.98. The molecule has 34 heavy (non-hydrogen) atoms. The molecule has 0 aliphatic heterocycles. The Hall–Kier alpha value is -3.70. The molecular weight excluding hydrogens is 480 g/mol. The molecule has 0 bridgehead atoms. The highest BCUT2D eigenvalue weighted by Crippen LogP contribution is 2.36. The van der Waals surface area contributed by atoms with Crippen molar-refractivity contribution in [3.63, 3.8) is 0 Å². The molecule has 3 N–H and O–H groups in total. The van der Waals surface area contributed by atoms with E-state index in [0.29, 0.717) is 44.2 Å². The van der Waals surface area contributed by atoms with Crippen LogP contribution in [0.15, 0.2) is 52.0 Å². The van der Waals surface area contributed by atoms with E-state index >= 15 is 0 Å². The number of carbonyl (C=O) groups is 1. The molecule has 0 atom stereocenters. The monoisotopic (exact) mass is 500 g/mol. The van der Waals surface area contributed by atoms with Gasteiger partial charge in [-0.2, -0.15) is 10.1 Å². The summed E-state index contributed by atoms with van der Waals surface area (Å²) < 4.78 is 17.5. The number of nitrogens with zero attached hydrogens (tertiary/aromatic N) is 4. The van der Waals surface area contributed by atoms with Gasteiger partial charge >= 0.3 is 0 Å². The van der Waals surface area contributed by atoms with E-state index in [1.807, 2.05) is 6.26 Å². The molecule has 4 aromatic rings. The third kappa shape index (κ3) is 4.80. The van der Waals surface area contributed by atoms with Gasteiger partial charge in [0.1, 0.15) is 23.0 Å². The van der Waals surface area contributed by atoms with Gasteiger partial charge in [0.25, 0.3) is 5.89 Å². The van der Waals surface area contributed by atoms with Gasteiger partial charge in [0.15, 0.2) is 11.5 Å². The number of rotatable bonds is 8. The van der Waals surface area contributed by atoms with Gasteiger partial charge in [-0.05, 0) is 42.7 Å². The maximum atomic E-state index is 12.5. The fourth-order valence-electron chi connectivity index (χ4n) is 3.24. The van der Waals surface area contributed by atoms with Crippen LogP contribution >= 0.6 is 23.4 Å². The molecule has 2 heterocycles. The van der Waals surface area contributed by atoms with Crippen LogP contribution in [-0.4, -0.2) is 46.3 Å². The molecule has 0 spiro atoms. The van der Waals surface area contributed by atoms with Gasteiger partial charge in [-0.1, -0.05) is 22.8 Å². The van der Waals surface area contributed by atoms with E-state index in [1.165, 1.54) is 16.4 Å². The molecule has 2 aromatic carbocycles. The number of carbonyl (C=O) groups excluding carboxylic acids is 1. The quantitative estimate of drug-likeness (QED) is 0.341. The molecule has 4 rings (SSSR count). The summed E-state index contributed by atoms with van der Waals surface area (Å²) in [5.41, 5.74) is 8.04. The van der Waals surface area contributed by atoms with Gasteiger partial charge < -0.3 is 25.0 Å². The van der Waals surface area contributed by atoms with Crippen molar-refractivity contribution in [1.82, 2.24) is 19.9 Å². The average Bonchev–Trinajstić information content (AvgIpc) is 3.43. The number of amides is 1. The summed E-state index contributed by atoms with van der Waals surface area (Å²) in [5.74, 6) is 1.57. The molecule has 0 saturated carbocycles. The van der Waals surface area contributed by atoms with Crippen molar-refractivity contribution in [2.75, 3.05) is 31.5 Å². The highest BCUT2D eigenvalue weighted by molar-refractivity contribution is 7.98. The summed E-state index contributed by atoms with van der Waals surface area (Å²) in [6, 6.07) is 12.1. The largest absolute Gasteiger partial charge is 0.493 e. The van der Waals surface area contributed by atoms with E-state index in [4.69, 9.17) is 31.3 Å². The van der Waals surface area contributed by atoms with Crippen LogP contribution in [0.2, 0.25) is 5.02 Å². The van der Waals surface area contributed by atoms with Crippen molar-refractivity contribution < 1.29 is 18.8 Å². The van der Waals surface area contributed by atoms with Crippen LogP contribution in [0.3, 0.4) is 0 Å². The summed E-state index contributed by atoms with van der Waals surface area (Å²) in [7, 11) is 3.11. The van der Waals surface area contributed by atoms with Crippen LogP contribution < -0.4 is 20.5 Å². The Labute approximate surface area is 204 Å². The predicted molar refractivity (Wildman–Crippen MR) is 130 cm³/mol. The summed E-state index contributed by atoms with van der Waals surface area (Å²) >= 11 is 7.32. The molecule has 12 heteroatoms. The topological polar surface area (TPSA) is 130 Å². The molecule has 0 aliphatic rings. The molecule has 0 radical (unpaired) electrons. The van der Waals surface area contributed by atoms with E-state index < -0.39 is 0 Å². The zero-order valence-electron chi connectivity index (χ0n) is 18.5. The lowest BCUT2D eigenvalue weighted by Crippen LogP contribution is -2.20. The fraction of sp³-hybridized carbons (Fsp3) is 0.182. The number of nitrogens with one attached hydrogen (secondary N) is 1. The van der Waals surface area contributed by atoms with Crippen molar-refractivity contribution in [3.05, 3.63) is 47.5 Å². The van der Waals surface area contributed by atoms with Gasteiger partial charge in [0.05, 0.1) is 14.2 Å². The summed E-state index contributed by atoms with van der Waals surface area (Å²) in [6.07, 6.45) is 1.84. The molecule has 1 amide bonds. The van der Waals surface area contributed by atoms with Crippen molar-refractivity contribution in [2.45, 2.75) is 11.6 Å². The Morgan fingerprint density at radius 3 is 2.71 bits per heavy atom. The van der Waals surface area contributed by atoms with Crippen LogP contribution in [0.1, 0.15) is 0 Å². The predicted octanol–water partition coefficient (Wildman–Crippen LogP) is 4.21. The zero-order chi connectivity index (χ0) is 24.2. The lowest BCUT2D eigenvalue weighted by atomic mass is 10.2. The number of ether oxygens (including phenoxy) is 2. The van der Waals surface area contributed by atoms with Crippen molar-refractivity contribution in [2.24, 2.45) is 0 Å². The third-order valence-electron chi connectivity index (χ3n) is 4.84. The van der Waals surface area contributed by atoms with Crippen LogP contribution in [0.4, 0.5) is 11.5 Å². The molecule has 0 unspecified atom stereocenters. The number of nitrogens with two attached hydrogens (primary N) is 1. The molecular formula is C22H21ClN6O4S. The van der Waals surface area contributed by atoms with E-state index in [9.17, 15) is 4.79 Å². The Kier molecular flexibility index (Phi) is 6.94. The second-order valence-corrected chi connectivity index (χ2v) is 8.21. The summed E-state index contributed by atoms with van der Waals surface area (Å²) in [6.45, 7) is -0.109. The smallest absolute Gasteiger partial charge is 0.264 e. The second kappa shape index (κ2) is 10.1. The van der Waals surface area contributed by atoms with E-state index in [1.54, 1.807) is 56.7 Å². The molecule has 0 aliphatic carbocycles. The highest BCUT2D eigenvalue weighted by atomic mass is 35.5. The number of nitrogen functional groups attached to an aromatic ring is 1. The van der Waals surface area contributed by atoms with E-state index in [2.05, 4.69) is 20.6 Å².